The van der Waals surface area contributed by atoms with Crippen LogP contribution in [0.4, 0.5) is 12.7 Å². The number of hydrogen-bond acceptors (Lipinski definition) is 2. The van der Waals surface area contributed by atoms with Crippen molar-refractivity contribution >= 4 is 10.2 Å². The summed E-state index contributed by atoms with van der Waals surface area (Å²) in [6.45, 7) is 0.673. The van der Waals surface area contributed by atoms with Gasteiger partial charge in [-0.05, 0) is 12.1 Å². The third kappa shape index (κ3) is 2.47. The Balaban J connectivity index is 3.14. The summed E-state index contributed by atoms with van der Waals surface area (Å²) in [6, 6.07) is 3.38. The molecule has 0 N–H and O–H groups in total. The fourth-order valence-corrected chi connectivity index (χ4v) is 1.37. The van der Waals surface area contributed by atoms with Gasteiger partial charge in [0.15, 0.2) is 0 Å². The van der Waals surface area contributed by atoms with Crippen LogP contribution in [0, 0.1) is 0 Å². The Morgan fingerprint density at radius 3 is 1.86 bits per heavy atom. The first-order chi connectivity index (χ1) is 6.21. The average Bonchev–Trinajstić information content (AvgIpc) is 2.01. The Kier molecular flexibility index (Phi) is 2.58. The second-order valence-corrected chi connectivity index (χ2v) is 4.20. The largest absolute Gasteiger partial charge is 0.332 e. The molecule has 0 amide bonds. The van der Waals surface area contributed by atoms with Crippen molar-refractivity contribution in [2.45, 2.75) is 17.7 Å². The molecule has 1 aromatic rings. The van der Waals surface area contributed by atoms with E-state index < -0.39 is 21.0 Å². The Labute approximate surface area is 79.6 Å². The Morgan fingerprint density at radius 1 is 1.14 bits per heavy atom. The summed E-state index contributed by atoms with van der Waals surface area (Å²) in [6.07, 6.45) is 0. The fourth-order valence-electron chi connectivity index (χ4n) is 0.910. The third-order valence-corrected chi connectivity index (χ3v) is 2.48. The minimum absolute atomic E-state index is 0.357. The summed E-state index contributed by atoms with van der Waals surface area (Å²) in [5, 5.41) is 0. The van der Waals surface area contributed by atoms with Crippen LogP contribution in [0.2, 0.25) is 0 Å². The van der Waals surface area contributed by atoms with Gasteiger partial charge in [0.2, 0.25) is 0 Å². The van der Waals surface area contributed by atoms with E-state index in [9.17, 15) is 21.1 Å². The van der Waals surface area contributed by atoms with E-state index in [2.05, 4.69) is 0 Å². The van der Waals surface area contributed by atoms with Crippen molar-refractivity contribution in [2.75, 3.05) is 0 Å². The molecule has 0 bridgehead atoms. The van der Waals surface area contributed by atoms with Gasteiger partial charge in [0.1, 0.15) is 0 Å². The average molecular weight is 224 g/mol. The van der Waals surface area contributed by atoms with Crippen LogP contribution >= 0.6 is 0 Å². The van der Waals surface area contributed by atoms with E-state index in [0.717, 1.165) is 24.3 Å². The number of hydrogen-bond donors (Lipinski definition) is 0. The van der Waals surface area contributed by atoms with Crippen molar-refractivity contribution in [3.8, 4) is 0 Å². The highest BCUT2D eigenvalue weighted by molar-refractivity contribution is 7.86. The van der Waals surface area contributed by atoms with Crippen LogP contribution in [0.3, 0.4) is 0 Å². The zero-order chi connectivity index (χ0) is 11.0. The number of halogens is 3. The van der Waals surface area contributed by atoms with Crippen molar-refractivity contribution in [3.05, 3.63) is 29.8 Å². The molecule has 6 heteroatoms. The molecule has 0 spiro atoms. The first-order valence-corrected chi connectivity index (χ1v) is 5.02. The highest BCUT2D eigenvalue weighted by Crippen LogP contribution is 2.27. The van der Waals surface area contributed by atoms with E-state index in [1.807, 2.05) is 0 Å². The second kappa shape index (κ2) is 3.27. The van der Waals surface area contributed by atoms with E-state index in [0.29, 0.717) is 6.92 Å². The smallest absolute Gasteiger partial charge is 0.202 e. The molecule has 0 saturated carbocycles. The number of rotatable bonds is 2. The van der Waals surface area contributed by atoms with Crippen LogP contribution in [-0.4, -0.2) is 8.42 Å². The first-order valence-electron chi connectivity index (χ1n) is 3.64. The van der Waals surface area contributed by atoms with Crippen molar-refractivity contribution in [2.24, 2.45) is 0 Å². The Bertz CT molecular complexity index is 417. The SMILES string of the molecule is CC(F)(F)c1ccc(S(=O)(=O)F)cc1. The van der Waals surface area contributed by atoms with Gasteiger partial charge in [0.05, 0.1) is 4.90 Å². The van der Waals surface area contributed by atoms with Gasteiger partial charge >= 0.3 is 10.2 Å². The van der Waals surface area contributed by atoms with Gasteiger partial charge in [-0.2, -0.15) is 8.42 Å². The van der Waals surface area contributed by atoms with Crippen molar-refractivity contribution in [1.29, 1.82) is 0 Å². The highest BCUT2D eigenvalue weighted by atomic mass is 32.3. The maximum absolute atomic E-state index is 12.6. The lowest BCUT2D eigenvalue weighted by Gasteiger charge is -2.09. The number of alkyl halides is 2. The minimum atomic E-state index is -4.81. The minimum Gasteiger partial charge on any atom is -0.202 e. The maximum Gasteiger partial charge on any atom is 0.332 e. The van der Waals surface area contributed by atoms with Crippen LogP contribution in [0.1, 0.15) is 12.5 Å². The molecule has 0 aromatic heterocycles. The Morgan fingerprint density at radius 2 is 1.57 bits per heavy atom. The molecule has 0 unspecified atom stereocenters. The van der Waals surface area contributed by atoms with Crippen LogP contribution in [0.25, 0.3) is 0 Å². The van der Waals surface area contributed by atoms with E-state index in [4.69, 9.17) is 0 Å². The fraction of sp³-hybridized carbons (Fsp3) is 0.250. The van der Waals surface area contributed by atoms with Crippen LogP contribution in [0.5, 0.6) is 0 Å². The van der Waals surface area contributed by atoms with E-state index >= 15 is 0 Å². The lowest BCUT2D eigenvalue weighted by molar-refractivity contribution is 0.0174. The van der Waals surface area contributed by atoms with Gasteiger partial charge < -0.3 is 0 Å². The van der Waals surface area contributed by atoms with E-state index in [1.54, 1.807) is 0 Å². The molecular formula is C8H7F3O2S. The maximum atomic E-state index is 12.6. The molecule has 2 nitrogen and oxygen atoms in total. The van der Waals surface area contributed by atoms with Gasteiger partial charge in [0.25, 0.3) is 5.92 Å². The molecule has 0 radical (unpaired) electrons. The molecule has 0 heterocycles. The zero-order valence-electron chi connectivity index (χ0n) is 7.17. The lowest BCUT2D eigenvalue weighted by Crippen LogP contribution is -2.06. The summed E-state index contributed by atoms with van der Waals surface area (Å²) in [5.41, 5.74) is -0.357. The zero-order valence-corrected chi connectivity index (χ0v) is 7.98. The summed E-state index contributed by atoms with van der Waals surface area (Å²) < 4.78 is 58.3. The van der Waals surface area contributed by atoms with Gasteiger partial charge in [0, 0.05) is 12.5 Å². The topological polar surface area (TPSA) is 34.1 Å². The third-order valence-electron chi connectivity index (χ3n) is 1.64. The van der Waals surface area contributed by atoms with Gasteiger partial charge in [-0.1, -0.05) is 12.1 Å². The molecule has 0 atom stereocenters. The molecule has 14 heavy (non-hydrogen) atoms. The number of benzene rings is 1. The Hall–Kier alpha value is -1.04. The standard InChI is InChI=1S/C8H7F3O2S/c1-8(9,10)6-2-4-7(5-3-6)14(11,12)13/h2-5H,1H3. The predicted octanol–water partition coefficient (Wildman–Crippen LogP) is 2.46. The predicted molar refractivity (Wildman–Crippen MR) is 44.3 cm³/mol. The molecule has 0 aliphatic carbocycles. The molecule has 0 aliphatic rings. The molecular weight excluding hydrogens is 217 g/mol. The normalized spacial score (nSPS) is 12.9. The quantitative estimate of drug-likeness (QED) is 0.723. The summed E-state index contributed by atoms with van der Waals surface area (Å²) in [4.78, 5) is -0.620. The molecule has 0 saturated heterocycles. The van der Waals surface area contributed by atoms with Crippen molar-refractivity contribution in [1.82, 2.24) is 0 Å². The van der Waals surface area contributed by atoms with Crippen molar-refractivity contribution in [3.63, 3.8) is 0 Å². The lowest BCUT2D eigenvalue weighted by atomic mass is 10.1. The van der Waals surface area contributed by atoms with Crippen LogP contribution in [-0.2, 0) is 16.1 Å². The molecule has 1 aromatic carbocycles. The van der Waals surface area contributed by atoms with Gasteiger partial charge in [-0.15, -0.1) is 3.89 Å². The summed E-state index contributed by atoms with van der Waals surface area (Å²) in [7, 11) is -4.81. The van der Waals surface area contributed by atoms with Crippen molar-refractivity contribution < 1.29 is 21.1 Å². The van der Waals surface area contributed by atoms with Crippen LogP contribution in [0.15, 0.2) is 29.2 Å². The molecule has 78 valence electrons. The monoisotopic (exact) mass is 224 g/mol. The summed E-state index contributed by atoms with van der Waals surface area (Å²) in [5.74, 6) is -3.06. The summed E-state index contributed by atoms with van der Waals surface area (Å²) >= 11 is 0. The molecule has 0 fully saturated rings. The molecule has 1 rings (SSSR count). The highest BCUT2D eigenvalue weighted by Gasteiger charge is 2.24. The van der Waals surface area contributed by atoms with E-state index in [-0.39, 0.29) is 5.56 Å². The molecule has 0 aliphatic heterocycles. The van der Waals surface area contributed by atoms with Gasteiger partial charge in [-0.3, -0.25) is 0 Å². The second-order valence-electron chi connectivity index (χ2n) is 2.85. The van der Waals surface area contributed by atoms with Crippen LogP contribution < -0.4 is 0 Å². The van der Waals surface area contributed by atoms with E-state index in [1.165, 1.54) is 0 Å². The van der Waals surface area contributed by atoms with Gasteiger partial charge in [-0.25, -0.2) is 8.78 Å². The first kappa shape index (κ1) is 11.0.